The average molecular weight is 213 g/mol. The van der Waals surface area contributed by atoms with Gasteiger partial charge < -0.3 is 11.1 Å². The normalized spacial score (nSPS) is 26.9. The Labute approximate surface area is 92.2 Å². The highest BCUT2D eigenvalue weighted by atomic mass is 16.1. The van der Waals surface area contributed by atoms with Crippen molar-refractivity contribution >= 4 is 5.91 Å². The number of carbonyl (C=O) groups excluding carboxylic acids is 1. The number of carbonyl (C=O) groups is 1. The third kappa shape index (κ3) is 3.47. The number of nitrogens with zero attached hydrogens (tertiary/aromatic N) is 1. The first kappa shape index (κ1) is 12.5. The van der Waals surface area contributed by atoms with Gasteiger partial charge in [-0.15, -0.1) is 0 Å². The molecule has 0 aromatic rings. The minimum atomic E-state index is 0.146. The molecule has 0 aromatic heterocycles. The molecule has 1 amide bonds. The Bertz CT molecular complexity index is 208. The van der Waals surface area contributed by atoms with Gasteiger partial charge >= 0.3 is 0 Å². The van der Waals surface area contributed by atoms with Gasteiger partial charge in [-0.3, -0.25) is 9.69 Å². The summed E-state index contributed by atoms with van der Waals surface area (Å²) in [6.45, 7) is 7.54. The second-order valence-electron chi connectivity index (χ2n) is 4.31. The standard InChI is InChI=1S/C11H23N3O/c1-3-13-11(15)5-7-14-6-4-9(2)10(14)8-12/h9-10H,3-8,12H2,1-2H3,(H,13,15). The molecule has 1 fully saturated rings. The minimum Gasteiger partial charge on any atom is -0.356 e. The molecule has 88 valence electrons. The van der Waals surface area contributed by atoms with Gasteiger partial charge in [-0.25, -0.2) is 0 Å². The van der Waals surface area contributed by atoms with Crippen LogP contribution in [0, 0.1) is 5.92 Å². The number of nitrogens with two attached hydrogens (primary N) is 1. The van der Waals surface area contributed by atoms with E-state index in [1.54, 1.807) is 0 Å². The predicted octanol–water partition coefficient (Wildman–Crippen LogP) is 0.182. The summed E-state index contributed by atoms with van der Waals surface area (Å²) in [5.74, 6) is 0.817. The molecule has 0 spiro atoms. The van der Waals surface area contributed by atoms with Crippen molar-refractivity contribution in [2.45, 2.75) is 32.7 Å². The Balaban J connectivity index is 2.29. The van der Waals surface area contributed by atoms with Crippen molar-refractivity contribution in [1.29, 1.82) is 0 Å². The molecule has 1 aliphatic rings. The van der Waals surface area contributed by atoms with Gasteiger partial charge in [0.15, 0.2) is 0 Å². The van der Waals surface area contributed by atoms with Crippen LogP contribution in [0.5, 0.6) is 0 Å². The third-order valence-electron chi connectivity index (χ3n) is 3.24. The van der Waals surface area contributed by atoms with Crippen LogP contribution in [-0.4, -0.2) is 43.0 Å². The first-order valence-electron chi connectivity index (χ1n) is 5.89. The lowest BCUT2D eigenvalue weighted by Gasteiger charge is -2.25. The summed E-state index contributed by atoms with van der Waals surface area (Å²) < 4.78 is 0. The van der Waals surface area contributed by atoms with Gasteiger partial charge in [-0.2, -0.15) is 0 Å². The van der Waals surface area contributed by atoms with Crippen LogP contribution in [0.1, 0.15) is 26.7 Å². The lowest BCUT2D eigenvalue weighted by Crippen LogP contribution is -2.40. The Hall–Kier alpha value is -0.610. The van der Waals surface area contributed by atoms with Crippen LogP contribution in [0.15, 0.2) is 0 Å². The van der Waals surface area contributed by atoms with E-state index in [0.29, 0.717) is 24.9 Å². The van der Waals surface area contributed by atoms with E-state index < -0.39 is 0 Å². The third-order valence-corrected chi connectivity index (χ3v) is 3.24. The van der Waals surface area contributed by atoms with E-state index in [2.05, 4.69) is 17.1 Å². The molecule has 2 atom stereocenters. The molecule has 15 heavy (non-hydrogen) atoms. The largest absolute Gasteiger partial charge is 0.356 e. The fourth-order valence-electron chi connectivity index (χ4n) is 2.28. The molecule has 3 N–H and O–H groups in total. The number of nitrogens with one attached hydrogen (secondary N) is 1. The maximum Gasteiger partial charge on any atom is 0.221 e. The molecular formula is C11H23N3O. The summed E-state index contributed by atoms with van der Waals surface area (Å²) in [6.07, 6.45) is 1.80. The zero-order chi connectivity index (χ0) is 11.3. The summed E-state index contributed by atoms with van der Waals surface area (Å²) >= 11 is 0. The number of rotatable bonds is 5. The Morgan fingerprint density at radius 2 is 2.33 bits per heavy atom. The first-order valence-corrected chi connectivity index (χ1v) is 5.89. The van der Waals surface area contributed by atoms with Gasteiger partial charge in [0.2, 0.25) is 5.91 Å². The van der Waals surface area contributed by atoms with E-state index in [1.165, 1.54) is 6.42 Å². The molecular weight excluding hydrogens is 190 g/mol. The van der Waals surface area contributed by atoms with Crippen LogP contribution in [-0.2, 0) is 4.79 Å². The van der Waals surface area contributed by atoms with E-state index in [-0.39, 0.29) is 5.91 Å². The van der Waals surface area contributed by atoms with Gasteiger partial charge in [0.25, 0.3) is 0 Å². The van der Waals surface area contributed by atoms with Gasteiger partial charge in [-0.05, 0) is 25.8 Å². The smallest absolute Gasteiger partial charge is 0.221 e. The Morgan fingerprint density at radius 3 is 2.93 bits per heavy atom. The van der Waals surface area contributed by atoms with E-state index in [1.807, 2.05) is 6.92 Å². The van der Waals surface area contributed by atoms with Gasteiger partial charge in [0.05, 0.1) is 0 Å². The van der Waals surface area contributed by atoms with Crippen LogP contribution >= 0.6 is 0 Å². The van der Waals surface area contributed by atoms with Crippen molar-refractivity contribution in [3.05, 3.63) is 0 Å². The first-order chi connectivity index (χ1) is 7.19. The summed E-state index contributed by atoms with van der Waals surface area (Å²) in [5.41, 5.74) is 5.74. The fourth-order valence-corrected chi connectivity index (χ4v) is 2.28. The molecule has 1 aliphatic heterocycles. The summed E-state index contributed by atoms with van der Waals surface area (Å²) in [4.78, 5) is 13.7. The zero-order valence-electron chi connectivity index (χ0n) is 9.83. The Morgan fingerprint density at radius 1 is 1.60 bits per heavy atom. The zero-order valence-corrected chi connectivity index (χ0v) is 9.83. The van der Waals surface area contributed by atoms with Crippen LogP contribution in [0.2, 0.25) is 0 Å². The van der Waals surface area contributed by atoms with E-state index >= 15 is 0 Å². The maximum absolute atomic E-state index is 11.3. The second kappa shape index (κ2) is 6.08. The number of amides is 1. The topological polar surface area (TPSA) is 58.4 Å². The van der Waals surface area contributed by atoms with E-state index in [4.69, 9.17) is 5.73 Å². The molecule has 0 aromatic carbocycles. The van der Waals surface area contributed by atoms with Gasteiger partial charge in [0, 0.05) is 32.1 Å². The molecule has 0 bridgehead atoms. The number of hydrogen-bond acceptors (Lipinski definition) is 3. The van der Waals surface area contributed by atoms with Crippen molar-refractivity contribution in [3.8, 4) is 0 Å². The molecule has 4 nitrogen and oxygen atoms in total. The molecule has 4 heteroatoms. The minimum absolute atomic E-state index is 0.146. The second-order valence-corrected chi connectivity index (χ2v) is 4.31. The van der Waals surface area contributed by atoms with Crippen LogP contribution in [0.25, 0.3) is 0 Å². The quantitative estimate of drug-likeness (QED) is 0.685. The highest BCUT2D eigenvalue weighted by molar-refractivity contribution is 5.75. The van der Waals surface area contributed by atoms with Crippen molar-refractivity contribution in [3.63, 3.8) is 0 Å². The van der Waals surface area contributed by atoms with Crippen LogP contribution < -0.4 is 11.1 Å². The maximum atomic E-state index is 11.3. The molecule has 1 saturated heterocycles. The highest BCUT2D eigenvalue weighted by Crippen LogP contribution is 2.22. The van der Waals surface area contributed by atoms with E-state index in [9.17, 15) is 4.79 Å². The van der Waals surface area contributed by atoms with Gasteiger partial charge in [0.1, 0.15) is 0 Å². The predicted molar refractivity (Wildman–Crippen MR) is 61.5 cm³/mol. The lowest BCUT2D eigenvalue weighted by molar-refractivity contribution is -0.121. The molecule has 1 heterocycles. The number of likely N-dealkylation sites (tertiary alicyclic amines) is 1. The summed E-state index contributed by atoms with van der Waals surface area (Å²) in [6, 6.07) is 0.472. The number of hydrogen-bond donors (Lipinski definition) is 2. The van der Waals surface area contributed by atoms with E-state index in [0.717, 1.165) is 19.6 Å². The SMILES string of the molecule is CCNC(=O)CCN1CCC(C)C1CN. The highest BCUT2D eigenvalue weighted by Gasteiger charge is 2.29. The van der Waals surface area contributed by atoms with Crippen molar-refractivity contribution in [2.75, 3.05) is 26.2 Å². The molecule has 0 aliphatic carbocycles. The van der Waals surface area contributed by atoms with Crippen LogP contribution in [0.3, 0.4) is 0 Å². The monoisotopic (exact) mass is 213 g/mol. The molecule has 0 saturated carbocycles. The lowest BCUT2D eigenvalue weighted by atomic mass is 10.0. The van der Waals surface area contributed by atoms with Crippen molar-refractivity contribution in [1.82, 2.24) is 10.2 Å². The molecule has 0 radical (unpaired) electrons. The summed E-state index contributed by atoms with van der Waals surface area (Å²) in [7, 11) is 0. The van der Waals surface area contributed by atoms with Gasteiger partial charge in [-0.1, -0.05) is 6.92 Å². The average Bonchev–Trinajstić information content (AvgIpc) is 2.56. The summed E-state index contributed by atoms with van der Waals surface area (Å²) in [5, 5.41) is 2.82. The molecule has 2 unspecified atom stereocenters. The molecule has 1 rings (SSSR count). The van der Waals surface area contributed by atoms with Crippen molar-refractivity contribution in [2.24, 2.45) is 11.7 Å². The Kier molecular flexibility index (Phi) is 5.05. The fraction of sp³-hybridized carbons (Fsp3) is 0.909. The van der Waals surface area contributed by atoms with Crippen molar-refractivity contribution < 1.29 is 4.79 Å². The van der Waals surface area contributed by atoms with Crippen LogP contribution in [0.4, 0.5) is 0 Å².